The van der Waals surface area contributed by atoms with E-state index in [1.165, 1.54) is 16.8 Å². The summed E-state index contributed by atoms with van der Waals surface area (Å²) in [7, 11) is 0. The number of carbonyl (C=O) groups is 1. The van der Waals surface area contributed by atoms with Gasteiger partial charge in [-0.25, -0.2) is 9.97 Å². The van der Waals surface area contributed by atoms with Crippen LogP contribution in [0.15, 0.2) is 29.1 Å². The number of ether oxygens (including phenoxy) is 1. The number of nitrogens with zero attached hydrogens (tertiary/aromatic N) is 2. The first kappa shape index (κ1) is 16.1. The maximum atomic E-state index is 12.0. The minimum Gasteiger partial charge on any atom is -0.467 e. The van der Waals surface area contributed by atoms with Gasteiger partial charge in [-0.2, -0.15) is 0 Å². The van der Waals surface area contributed by atoms with Gasteiger partial charge in [0.15, 0.2) is 6.61 Å². The molecule has 1 unspecified atom stereocenters. The number of thiophene rings is 1. The highest BCUT2D eigenvalue weighted by molar-refractivity contribution is 7.18. The number of hydrogen-bond donors (Lipinski definition) is 1. The van der Waals surface area contributed by atoms with E-state index in [2.05, 4.69) is 22.2 Å². The summed E-state index contributed by atoms with van der Waals surface area (Å²) in [5.41, 5.74) is 1.30. The number of aromatic nitrogens is 2. The van der Waals surface area contributed by atoms with Crippen LogP contribution in [0.5, 0.6) is 5.88 Å². The topological polar surface area (TPSA) is 77.2 Å². The van der Waals surface area contributed by atoms with Crippen LogP contribution in [-0.2, 0) is 24.2 Å². The molecule has 3 aromatic heterocycles. The zero-order chi connectivity index (χ0) is 17.2. The highest BCUT2D eigenvalue weighted by Crippen LogP contribution is 2.40. The van der Waals surface area contributed by atoms with Crippen molar-refractivity contribution in [3.8, 4) is 5.88 Å². The summed E-state index contributed by atoms with van der Waals surface area (Å²) >= 11 is 1.72. The third kappa shape index (κ3) is 3.37. The molecule has 0 bridgehead atoms. The molecule has 0 aromatic carbocycles. The lowest BCUT2D eigenvalue weighted by molar-refractivity contribution is -0.123. The minimum absolute atomic E-state index is 0.0756. The summed E-state index contributed by atoms with van der Waals surface area (Å²) in [4.78, 5) is 23.0. The average Bonchev–Trinajstić information content (AvgIpc) is 3.24. The van der Waals surface area contributed by atoms with Crippen molar-refractivity contribution in [3.05, 3.63) is 40.9 Å². The maximum Gasteiger partial charge on any atom is 0.258 e. The molecule has 0 saturated heterocycles. The van der Waals surface area contributed by atoms with E-state index in [0.717, 1.165) is 29.5 Å². The van der Waals surface area contributed by atoms with Crippen LogP contribution in [0.1, 0.15) is 29.5 Å². The van der Waals surface area contributed by atoms with Gasteiger partial charge >= 0.3 is 0 Å². The Morgan fingerprint density at radius 3 is 3.24 bits per heavy atom. The van der Waals surface area contributed by atoms with Gasteiger partial charge in [-0.05, 0) is 42.9 Å². The van der Waals surface area contributed by atoms with Crippen molar-refractivity contribution < 1.29 is 13.9 Å². The van der Waals surface area contributed by atoms with Crippen LogP contribution in [0.2, 0.25) is 0 Å². The first-order chi connectivity index (χ1) is 12.2. The van der Waals surface area contributed by atoms with Gasteiger partial charge in [0.05, 0.1) is 18.2 Å². The Hall–Kier alpha value is -2.41. The van der Waals surface area contributed by atoms with E-state index in [4.69, 9.17) is 9.15 Å². The monoisotopic (exact) mass is 357 g/mol. The summed E-state index contributed by atoms with van der Waals surface area (Å²) in [5, 5.41) is 3.75. The van der Waals surface area contributed by atoms with E-state index in [1.54, 1.807) is 23.7 Å². The number of rotatable bonds is 5. The third-order valence-electron chi connectivity index (χ3n) is 4.44. The SMILES string of the molecule is CC1CCc2c(sc3ncnc(OCC(=O)NCc4ccco4)c23)C1. The van der Waals surface area contributed by atoms with E-state index in [1.807, 2.05) is 6.07 Å². The van der Waals surface area contributed by atoms with E-state index in [0.29, 0.717) is 24.1 Å². The van der Waals surface area contributed by atoms with Crippen LogP contribution in [0, 0.1) is 5.92 Å². The molecule has 1 aliphatic rings. The number of furan rings is 1. The molecule has 4 rings (SSSR count). The summed E-state index contributed by atoms with van der Waals surface area (Å²) in [6, 6.07) is 3.60. The molecule has 25 heavy (non-hydrogen) atoms. The zero-order valence-electron chi connectivity index (χ0n) is 13.9. The highest BCUT2D eigenvalue weighted by atomic mass is 32.1. The van der Waals surface area contributed by atoms with Gasteiger partial charge in [-0.15, -0.1) is 11.3 Å². The number of amides is 1. The third-order valence-corrected chi connectivity index (χ3v) is 5.60. The van der Waals surface area contributed by atoms with Crippen LogP contribution in [0.25, 0.3) is 10.2 Å². The lowest BCUT2D eigenvalue weighted by atomic mass is 9.89. The quantitative estimate of drug-likeness (QED) is 0.759. The van der Waals surface area contributed by atoms with Crippen LogP contribution in [-0.4, -0.2) is 22.5 Å². The van der Waals surface area contributed by atoms with Crippen LogP contribution >= 0.6 is 11.3 Å². The molecular weight excluding hydrogens is 338 g/mol. The fourth-order valence-electron chi connectivity index (χ4n) is 3.14. The van der Waals surface area contributed by atoms with E-state index in [9.17, 15) is 4.79 Å². The fourth-order valence-corrected chi connectivity index (χ4v) is 4.48. The number of hydrogen-bond acceptors (Lipinski definition) is 6. The van der Waals surface area contributed by atoms with Crippen molar-refractivity contribution in [1.82, 2.24) is 15.3 Å². The molecule has 0 spiro atoms. The van der Waals surface area contributed by atoms with Gasteiger partial charge in [-0.1, -0.05) is 6.92 Å². The van der Waals surface area contributed by atoms with Gasteiger partial charge in [0.1, 0.15) is 16.9 Å². The van der Waals surface area contributed by atoms with Crippen LogP contribution < -0.4 is 10.1 Å². The number of nitrogens with one attached hydrogen (secondary N) is 1. The first-order valence-electron chi connectivity index (χ1n) is 8.38. The molecule has 0 fully saturated rings. The van der Waals surface area contributed by atoms with Crippen LogP contribution in [0.3, 0.4) is 0 Å². The van der Waals surface area contributed by atoms with Crippen molar-refractivity contribution in [2.45, 2.75) is 32.7 Å². The molecule has 1 amide bonds. The standard InChI is InChI=1S/C18H19N3O3S/c1-11-4-5-13-14(7-11)25-18-16(13)17(20-10-21-18)24-9-15(22)19-8-12-3-2-6-23-12/h2-3,6,10-11H,4-5,7-9H2,1H3,(H,19,22). The molecule has 3 aromatic rings. The van der Waals surface area contributed by atoms with Crippen LogP contribution in [0.4, 0.5) is 0 Å². The van der Waals surface area contributed by atoms with Crippen molar-refractivity contribution in [2.24, 2.45) is 5.92 Å². The number of aryl methyl sites for hydroxylation is 1. The zero-order valence-corrected chi connectivity index (χ0v) is 14.8. The Labute approximate surface area is 149 Å². The van der Waals surface area contributed by atoms with Crippen molar-refractivity contribution in [1.29, 1.82) is 0 Å². The largest absolute Gasteiger partial charge is 0.467 e. The van der Waals surface area contributed by atoms with Gasteiger partial charge in [-0.3, -0.25) is 4.79 Å². The number of carbonyl (C=O) groups excluding carboxylic acids is 1. The summed E-state index contributed by atoms with van der Waals surface area (Å²) in [6.45, 7) is 2.55. The normalized spacial score (nSPS) is 16.6. The van der Waals surface area contributed by atoms with Crippen molar-refractivity contribution in [2.75, 3.05) is 6.61 Å². The molecule has 0 saturated carbocycles. The smallest absolute Gasteiger partial charge is 0.258 e. The lowest BCUT2D eigenvalue weighted by Gasteiger charge is -2.18. The van der Waals surface area contributed by atoms with E-state index < -0.39 is 0 Å². The van der Waals surface area contributed by atoms with E-state index in [-0.39, 0.29) is 12.5 Å². The van der Waals surface area contributed by atoms with Gasteiger partial charge in [0.25, 0.3) is 5.91 Å². The lowest BCUT2D eigenvalue weighted by Crippen LogP contribution is -2.28. The summed E-state index contributed by atoms with van der Waals surface area (Å²) in [6.07, 6.45) is 6.35. The van der Waals surface area contributed by atoms with Crippen molar-refractivity contribution >= 4 is 27.5 Å². The molecule has 7 heteroatoms. The molecule has 0 radical (unpaired) electrons. The Balaban J connectivity index is 1.47. The molecule has 130 valence electrons. The van der Waals surface area contributed by atoms with Gasteiger partial charge < -0.3 is 14.5 Å². The van der Waals surface area contributed by atoms with Gasteiger partial charge in [0, 0.05) is 4.88 Å². The minimum atomic E-state index is -0.208. The Bertz CT molecular complexity index is 888. The molecular formula is C18H19N3O3S. The predicted octanol–water partition coefficient (Wildman–Crippen LogP) is 3.10. The fraction of sp³-hybridized carbons (Fsp3) is 0.389. The molecule has 1 N–H and O–H groups in total. The average molecular weight is 357 g/mol. The first-order valence-corrected chi connectivity index (χ1v) is 9.19. The second-order valence-electron chi connectivity index (χ2n) is 6.36. The second-order valence-corrected chi connectivity index (χ2v) is 7.44. The highest BCUT2D eigenvalue weighted by Gasteiger charge is 2.23. The van der Waals surface area contributed by atoms with Crippen molar-refractivity contribution in [3.63, 3.8) is 0 Å². The van der Waals surface area contributed by atoms with Gasteiger partial charge in [0.2, 0.25) is 5.88 Å². The summed E-state index contributed by atoms with van der Waals surface area (Å²) < 4.78 is 10.9. The molecule has 3 heterocycles. The predicted molar refractivity (Wildman–Crippen MR) is 94.7 cm³/mol. The Morgan fingerprint density at radius 1 is 1.48 bits per heavy atom. The Morgan fingerprint density at radius 2 is 2.40 bits per heavy atom. The number of fused-ring (bicyclic) bond motifs is 3. The summed E-state index contributed by atoms with van der Waals surface area (Å²) in [5.74, 6) is 1.70. The Kier molecular flexibility index (Phi) is 4.40. The molecule has 6 nitrogen and oxygen atoms in total. The molecule has 1 atom stereocenters. The molecule has 0 aliphatic heterocycles. The van der Waals surface area contributed by atoms with E-state index >= 15 is 0 Å². The maximum absolute atomic E-state index is 12.0. The second kappa shape index (κ2) is 6.84. The molecule has 1 aliphatic carbocycles.